The fourth-order valence-corrected chi connectivity index (χ4v) is 5.18. The van der Waals surface area contributed by atoms with E-state index in [1.165, 1.54) is 0 Å². The summed E-state index contributed by atoms with van der Waals surface area (Å²) in [5.41, 5.74) is 3.91. The molecule has 0 bridgehead atoms. The number of rotatable bonds is 7. The second kappa shape index (κ2) is 8.93. The Hall–Kier alpha value is -3.13. The summed E-state index contributed by atoms with van der Waals surface area (Å²) in [6.45, 7) is 8.98. The Morgan fingerprint density at radius 3 is 2.32 bits per heavy atom. The number of aromatic nitrogens is 2. The highest BCUT2D eigenvalue weighted by molar-refractivity contribution is 7.93. The van der Waals surface area contributed by atoms with Gasteiger partial charge in [-0.25, -0.2) is 8.42 Å². The molecular formula is C23H28N4O3S. The molecule has 0 atom stereocenters. The lowest BCUT2D eigenvalue weighted by atomic mass is 10.0. The van der Waals surface area contributed by atoms with E-state index in [2.05, 4.69) is 29.4 Å². The molecule has 1 amide bonds. The van der Waals surface area contributed by atoms with E-state index in [4.69, 9.17) is 0 Å². The van der Waals surface area contributed by atoms with Gasteiger partial charge < -0.3 is 5.32 Å². The van der Waals surface area contributed by atoms with Crippen LogP contribution in [0.2, 0.25) is 0 Å². The molecule has 1 aromatic heterocycles. The van der Waals surface area contributed by atoms with Crippen molar-refractivity contribution in [2.45, 2.75) is 45.4 Å². The van der Waals surface area contributed by atoms with Gasteiger partial charge >= 0.3 is 0 Å². The van der Waals surface area contributed by atoms with E-state index in [9.17, 15) is 13.2 Å². The molecule has 0 aliphatic carbocycles. The summed E-state index contributed by atoms with van der Waals surface area (Å²) in [4.78, 5) is 12.9. The Bertz CT molecular complexity index is 1160. The minimum Gasteiger partial charge on any atom is -0.325 e. The molecular weight excluding hydrogens is 412 g/mol. The van der Waals surface area contributed by atoms with Gasteiger partial charge in [0, 0.05) is 5.69 Å². The van der Waals surface area contributed by atoms with Gasteiger partial charge in [0.2, 0.25) is 5.91 Å². The highest BCUT2D eigenvalue weighted by atomic mass is 32.2. The van der Waals surface area contributed by atoms with Crippen molar-refractivity contribution in [3.63, 3.8) is 0 Å². The van der Waals surface area contributed by atoms with Crippen LogP contribution in [0.3, 0.4) is 0 Å². The lowest BCUT2D eigenvalue weighted by Crippen LogP contribution is -2.38. The van der Waals surface area contributed by atoms with Crippen molar-refractivity contribution in [3.8, 4) is 0 Å². The van der Waals surface area contributed by atoms with Crippen molar-refractivity contribution < 1.29 is 13.2 Å². The monoisotopic (exact) mass is 440 g/mol. The van der Waals surface area contributed by atoms with Gasteiger partial charge in [-0.05, 0) is 62.1 Å². The van der Waals surface area contributed by atoms with Crippen LogP contribution in [-0.4, -0.2) is 31.1 Å². The third kappa shape index (κ3) is 4.96. The Morgan fingerprint density at radius 2 is 1.77 bits per heavy atom. The minimum absolute atomic E-state index is 0.0868. The average molecular weight is 441 g/mol. The third-order valence-corrected chi connectivity index (χ3v) is 7.08. The van der Waals surface area contributed by atoms with Crippen LogP contribution in [0.15, 0.2) is 53.4 Å². The second-order valence-corrected chi connectivity index (χ2v) is 9.74. The number of sulfonamides is 1. The zero-order valence-corrected chi connectivity index (χ0v) is 19.2. The standard InChI is InChI=1S/C23H28N4O3S/c1-15(2)19-9-11-21(12-10-19)27(31(29,30)23-17(4)25-26-18(23)5)14-22(28)24-20-8-6-7-16(3)13-20/h6-13,15H,14H2,1-5H3,(H,24,28)(H,25,26). The molecule has 0 saturated carbocycles. The molecule has 1 heterocycles. The highest BCUT2D eigenvalue weighted by Gasteiger charge is 2.31. The maximum Gasteiger partial charge on any atom is 0.268 e. The van der Waals surface area contributed by atoms with Crippen LogP contribution in [0.4, 0.5) is 11.4 Å². The van der Waals surface area contributed by atoms with Crippen molar-refractivity contribution in [3.05, 3.63) is 71.0 Å². The molecule has 0 saturated heterocycles. The molecule has 0 spiro atoms. The Balaban J connectivity index is 1.99. The number of nitrogens with one attached hydrogen (secondary N) is 2. The summed E-state index contributed by atoms with van der Waals surface area (Å²) < 4.78 is 28.3. The van der Waals surface area contributed by atoms with Gasteiger partial charge in [-0.3, -0.25) is 14.2 Å². The lowest BCUT2D eigenvalue weighted by molar-refractivity contribution is -0.114. The first-order chi connectivity index (χ1) is 14.6. The number of aromatic amines is 1. The first-order valence-corrected chi connectivity index (χ1v) is 11.5. The molecule has 0 aliphatic rings. The molecule has 0 aliphatic heterocycles. The van der Waals surface area contributed by atoms with Crippen molar-refractivity contribution >= 4 is 27.3 Å². The first kappa shape index (κ1) is 22.6. The molecule has 0 fully saturated rings. The van der Waals surface area contributed by atoms with Crippen molar-refractivity contribution in [1.29, 1.82) is 0 Å². The number of H-pyrrole nitrogens is 1. The molecule has 0 radical (unpaired) electrons. The quantitative estimate of drug-likeness (QED) is 0.573. The fourth-order valence-electron chi connectivity index (χ4n) is 3.43. The lowest BCUT2D eigenvalue weighted by Gasteiger charge is -2.24. The van der Waals surface area contributed by atoms with E-state index in [1.807, 2.05) is 37.3 Å². The summed E-state index contributed by atoms with van der Waals surface area (Å²) in [7, 11) is -4.02. The number of hydrogen-bond donors (Lipinski definition) is 2. The summed E-state index contributed by atoms with van der Waals surface area (Å²) in [6, 6.07) is 14.6. The summed E-state index contributed by atoms with van der Waals surface area (Å²) >= 11 is 0. The number of carbonyl (C=O) groups is 1. The number of carbonyl (C=O) groups excluding carboxylic acids is 1. The van der Waals surface area contributed by atoms with Crippen molar-refractivity contribution in [1.82, 2.24) is 10.2 Å². The second-order valence-electron chi connectivity index (χ2n) is 7.94. The Kier molecular flexibility index (Phi) is 6.50. The normalized spacial score (nSPS) is 11.5. The van der Waals surface area contributed by atoms with Crippen LogP contribution >= 0.6 is 0 Å². The van der Waals surface area contributed by atoms with Gasteiger partial charge in [0.15, 0.2) is 0 Å². The van der Waals surface area contributed by atoms with E-state index < -0.39 is 15.9 Å². The smallest absolute Gasteiger partial charge is 0.268 e. The van der Waals surface area contributed by atoms with Crippen LogP contribution in [0.25, 0.3) is 0 Å². The molecule has 2 aromatic carbocycles. The number of amides is 1. The van der Waals surface area contributed by atoms with E-state index in [-0.39, 0.29) is 11.4 Å². The predicted molar refractivity (Wildman–Crippen MR) is 123 cm³/mol. The predicted octanol–water partition coefficient (Wildman–Crippen LogP) is 4.29. The van der Waals surface area contributed by atoms with Crippen LogP contribution in [0.1, 0.15) is 42.3 Å². The molecule has 8 heteroatoms. The number of benzene rings is 2. The average Bonchev–Trinajstić information content (AvgIpc) is 3.05. The van der Waals surface area contributed by atoms with Crippen LogP contribution in [-0.2, 0) is 14.8 Å². The number of hydrogen-bond acceptors (Lipinski definition) is 4. The third-order valence-electron chi connectivity index (χ3n) is 5.05. The summed E-state index contributed by atoms with van der Waals surface area (Å²) in [5, 5.41) is 9.53. The van der Waals surface area contributed by atoms with Gasteiger partial charge in [0.05, 0.1) is 17.1 Å². The number of anilines is 2. The highest BCUT2D eigenvalue weighted by Crippen LogP contribution is 2.28. The van der Waals surface area contributed by atoms with Gasteiger partial charge in [0.25, 0.3) is 10.0 Å². The maximum absolute atomic E-state index is 13.6. The molecule has 164 valence electrons. The SMILES string of the molecule is Cc1cccc(NC(=O)CN(c2ccc(C(C)C)cc2)S(=O)(=O)c2c(C)n[nH]c2C)c1. The zero-order valence-electron chi connectivity index (χ0n) is 18.4. The largest absolute Gasteiger partial charge is 0.325 e. The molecule has 3 aromatic rings. The van der Waals surface area contributed by atoms with Gasteiger partial charge in [-0.15, -0.1) is 0 Å². The van der Waals surface area contributed by atoms with E-state index in [0.717, 1.165) is 15.4 Å². The molecule has 2 N–H and O–H groups in total. The maximum atomic E-state index is 13.6. The van der Waals surface area contributed by atoms with Crippen molar-refractivity contribution in [2.75, 3.05) is 16.2 Å². The summed E-state index contributed by atoms with van der Waals surface area (Å²) in [6.07, 6.45) is 0. The Morgan fingerprint density at radius 1 is 1.10 bits per heavy atom. The number of aryl methyl sites for hydroxylation is 3. The van der Waals surface area contributed by atoms with Crippen LogP contribution < -0.4 is 9.62 Å². The van der Waals surface area contributed by atoms with Crippen molar-refractivity contribution in [2.24, 2.45) is 0 Å². The minimum atomic E-state index is -4.02. The molecule has 0 unspecified atom stereocenters. The topological polar surface area (TPSA) is 95.2 Å². The van der Waals surface area contributed by atoms with Gasteiger partial charge in [-0.1, -0.05) is 38.1 Å². The molecule has 31 heavy (non-hydrogen) atoms. The zero-order chi connectivity index (χ0) is 22.8. The first-order valence-electron chi connectivity index (χ1n) is 10.1. The number of nitrogens with zero attached hydrogens (tertiary/aromatic N) is 2. The fraction of sp³-hybridized carbons (Fsp3) is 0.304. The van der Waals surface area contributed by atoms with E-state index >= 15 is 0 Å². The van der Waals surface area contributed by atoms with Crippen LogP contribution in [0, 0.1) is 20.8 Å². The summed E-state index contributed by atoms with van der Waals surface area (Å²) in [5.74, 6) is -0.122. The Labute approximate surface area is 183 Å². The molecule has 7 nitrogen and oxygen atoms in total. The van der Waals surface area contributed by atoms with E-state index in [0.29, 0.717) is 28.7 Å². The van der Waals surface area contributed by atoms with Crippen LogP contribution in [0.5, 0.6) is 0 Å². The molecule has 3 rings (SSSR count). The van der Waals surface area contributed by atoms with Gasteiger partial charge in [-0.2, -0.15) is 5.10 Å². The van der Waals surface area contributed by atoms with E-state index in [1.54, 1.807) is 32.0 Å². The van der Waals surface area contributed by atoms with Gasteiger partial charge in [0.1, 0.15) is 11.4 Å².